The summed E-state index contributed by atoms with van der Waals surface area (Å²) in [6.07, 6.45) is 9.91. The minimum Gasteiger partial charge on any atom is -0.271 e. The van der Waals surface area contributed by atoms with Crippen molar-refractivity contribution in [1.29, 1.82) is 0 Å². The lowest BCUT2D eigenvalue weighted by atomic mass is 10.1. The molecule has 0 saturated carbocycles. The number of nitrogens with zero attached hydrogens (tertiary/aromatic N) is 3. The zero-order valence-corrected chi connectivity index (χ0v) is 17.6. The maximum Gasteiger partial charge on any atom is 0.295 e. The van der Waals surface area contributed by atoms with Crippen molar-refractivity contribution >= 4 is 27.1 Å². The van der Waals surface area contributed by atoms with Crippen molar-refractivity contribution in [2.24, 2.45) is 5.10 Å². The van der Waals surface area contributed by atoms with Crippen LogP contribution in [0.25, 0.3) is 0 Å². The van der Waals surface area contributed by atoms with E-state index in [2.05, 4.69) is 23.5 Å². The molecule has 1 aromatic carbocycles. The summed E-state index contributed by atoms with van der Waals surface area (Å²) >= 11 is 0. The predicted molar refractivity (Wildman–Crippen MR) is 114 cm³/mol. The number of sulfonamides is 1. The Morgan fingerprint density at radius 2 is 2.00 bits per heavy atom. The predicted octanol–water partition coefficient (Wildman–Crippen LogP) is 4.45. The normalized spacial score (nSPS) is 18.9. The Balaban J connectivity index is 1.79. The van der Waals surface area contributed by atoms with Crippen molar-refractivity contribution < 1.29 is 13.3 Å². The van der Waals surface area contributed by atoms with Gasteiger partial charge in [0.15, 0.2) is 0 Å². The maximum absolute atomic E-state index is 12.7. The molecule has 3 rings (SSSR count). The van der Waals surface area contributed by atoms with E-state index in [0.29, 0.717) is 13.1 Å². The first-order valence-electron chi connectivity index (χ1n) is 10.2. The summed E-state index contributed by atoms with van der Waals surface area (Å²) in [6.45, 7) is 3.07. The fourth-order valence-electron chi connectivity index (χ4n) is 3.72. The van der Waals surface area contributed by atoms with E-state index in [1.807, 2.05) is 0 Å². The summed E-state index contributed by atoms with van der Waals surface area (Å²) in [6, 6.07) is 3.97. The third kappa shape index (κ3) is 5.02. The van der Waals surface area contributed by atoms with Gasteiger partial charge in [0, 0.05) is 19.2 Å². The number of nitrogens with one attached hydrogen (secondary N) is 1. The van der Waals surface area contributed by atoms with Gasteiger partial charge in [-0.2, -0.15) is 9.41 Å². The molecule has 1 saturated heterocycles. The molecule has 158 valence electrons. The molecule has 0 unspecified atom stereocenters. The average molecular weight is 421 g/mol. The molecule has 9 heteroatoms. The van der Waals surface area contributed by atoms with Crippen molar-refractivity contribution in [3.05, 3.63) is 40.0 Å². The number of allylic oxidation sites excluding steroid dienone is 2. The fraction of sp³-hybridized carbons (Fsp3) is 0.550. The smallest absolute Gasteiger partial charge is 0.271 e. The minimum absolute atomic E-state index is 0.0506. The zero-order chi connectivity index (χ0) is 20.9. The topological polar surface area (TPSA) is 105 Å². The van der Waals surface area contributed by atoms with Gasteiger partial charge in [-0.15, -0.1) is 0 Å². The summed E-state index contributed by atoms with van der Waals surface area (Å²) < 4.78 is 26.8. The third-order valence-corrected chi connectivity index (χ3v) is 7.27. The van der Waals surface area contributed by atoms with Crippen LogP contribution in [-0.4, -0.2) is 36.4 Å². The molecule has 0 aromatic heterocycles. The lowest BCUT2D eigenvalue weighted by Gasteiger charge is -2.15. The van der Waals surface area contributed by atoms with Gasteiger partial charge in [-0.1, -0.05) is 25.8 Å². The molecule has 1 N–H and O–H groups in total. The van der Waals surface area contributed by atoms with Crippen LogP contribution in [0.15, 0.2) is 39.8 Å². The Morgan fingerprint density at radius 1 is 1.24 bits per heavy atom. The van der Waals surface area contributed by atoms with Gasteiger partial charge in [0.2, 0.25) is 10.0 Å². The number of benzene rings is 1. The molecule has 0 spiro atoms. The lowest BCUT2D eigenvalue weighted by molar-refractivity contribution is -0.384. The molecule has 0 amide bonds. The number of nitro benzene ring substituents is 1. The summed E-state index contributed by atoms with van der Waals surface area (Å²) in [5.41, 5.74) is 4.83. The molecule has 1 aromatic rings. The van der Waals surface area contributed by atoms with Gasteiger partial charge in [0.25, 0.3) is 5.69 Å². The number of anilines is 1. The fourth-order valence-corrected chi connectivity index (χ4v) is 5.26. The molecule has 1 heterocycles. The number of rotatable bonds is 9. The second kappa shape index (κ2) is 9.49. The quantitative estimate of drug-likeness (QED) is 0.361. The minimum atomic E-state index is -3.71. The summed E-state index contributed by atoms with van der Waals surface area (Å²) in [5.74, 6) is 0. The van der Waals surface area contributed by atoms with Crippen LogP contribution in [0.3, 0.4) is 0 Å². The molecular formula is C20H28N4O4S. The molecule has 0 radical (unpaired) electrons. The highest BCUT2D eigenvalue weighted by molar-refractivity contribution is 7.89. The molecule has 0 bridgehead atoms. The SMILES string of the molecule is CCCCCC1=CCC/C1=N\Nc1ccc(S(=O)(=O)N2CCCC2)cc1[N+](=O)[O-]. The first-order chi connectivity index (χ1) is 13.9. The van der Waals surface area contributed by atoms with Crippen molar-refractivity contribution in [3.63, 3.8) is 0 Å². The molecule has 0 atom stereocenters. The summed E-state index contributed by atoms with van der Waals surface area (Å²) in [7, 11) is -3.71. The van der Waals surface area contributed by atoms with Crippen LogP contribution >= 0.6 is 0 Å². The number of hydrogen-bond acceptors (Lipinski definition) is 6. The highest BCUT2D eigenvalue weighted by Crippen LogP contribution is 2.31. The lowest BCUT2D eigenvalue weighted by Crippen LogP contribution is -2.27. The van der Waals surface area contributed by atoms with Crippen LogP contribution in [0, 0.1) is 10.1 Å². The van der Waals surface area contributed by atoms with Crippen LogP contribution in [0.2, 0.25) is 0 Å². The van der Waals surface area contributed by atoms with Crippen molar-refractivity contribution in [3.8, 4) is 0 Å². The Morgan fingerprint density at radius 3 is 2.69 bits per heavy atom. The van der Waals surface area contributed by atoms with E-state index in [4.69, 9.17) is 0 Å². The van der Waals surface area contributed by atoms with Crippen LogP contribution in [0.4, 0.5) is 11.4 Å². The Labute approximate surface area is 171 Å². The maximum atomic E-state index is 12.7. The van der Waals surface area contributed by atoms with Crippen LogP contribution in [-0.2, 0) is 10.0 Å². The third-order valence-electron chi connectivity index (χ3n) is 5.37. The van der Waals surface area contributed by atoms with Gasteiger partial charge in [0.05, 0.1) is 15.5 Å². The van der Waals surface area contributed by atoms with Gasteiger partial charge in [-0.05, 0) is 56.2 Å². The van der Waals surface area contributed by atoms with E-state index in [9.17, 15) is 18.5 Å². The summed E-state index contributed by atoms with van der Waals surface area (Å²) in [4.78, 5) is 10.9. The average Bonchev–Trinajstić information content (AvgIpc) is 3.39. The number of hydrogen-bond donors (Lipinski definition) is 1. The molecule has 8 nitrogen and oxygen atoms in total. The van der Waals surface area contributed by atoms with Gasteiger partial charge < -0.3 is 0 Å². The van der Waals surface area contributed by atoms with E-state index >= 15 is 0 Å². The number of unbranched alkanes of at least 4 members (excludes halogenated alkanes) is 2. The van der Waals surface area contributed by atoms with Crippen LogP contribution < -0.4 is 5.43 Å². The van der Waals surface area contributed by atoms with Gasteiger partial charge in [-0.25, -0.2) is 8.42 Å². The Bertz CT molecular complexity index is 918. The molecule has 2 aliphatic rings. The Hall–Kier alpha value is -2.26. The standard InChI is InChI=1S/C20H28N4O4S/c1-2-3-4-8-16-9-7-10-18(16)21-22-19-12-11-17(15-20(19)24(25)26)29(27,28)23-13-5-6-14-23/h9,11-12,15,22H,2-8,10,13-14H2,1H3/b21-18+. The van der Waals surface area contributed by atoms with E-state index in [0.717, 1.165) is 63.1 Å². The summed E-state index contributed by atoms with van der Waals surface area (Å²) in [5, 5.41) is 16.0. The molecule has 1 aliphatic heterocycles. The number of nitro groups is 1. The van der Waals surface area contributed by atoms with Crippen LogP contribution in [0.5, 0.6) is 0 Å². The zero-order valence-electron chi connectivity index (χ0n) is 16.8. The van der Waals surface area contributed by atoms with Gasteiger partial charge in [-0.3, -0.25) is 15.5 Å². The largest absolute Gasteiger partial charge is 0.295 e. The van der Waals surface area contributed by atoms with Crippen molar-refractivity contribution in [2.75, 3.05) is 18.5 Å². The van der Waals surface area contributed by atoms with E-state index in [-0.39, 0.29) is 16.3 Å². The number of hydrazone groups is 1. The second-order valence-corrected chi connectivity index (χ2v) is 9.38. The first-order valence-corrected chi connectivity index (χ1v) is 11.7. The van der Waals surface area contributed by atoms with Gasteiger partial charge in [0.1, 0.15) is 5.69 Å². The molecule has 1 fully saturated rings. The molecular weight excluding hydrogens is 392 g/mol. The highest BCUT2D eigenvalue weighted by Gasteiger charge is 2.29. The second-order valence-electron chi connectivity index (χ2n) is 7.44. The van der Waals surface area contributed by atoms with E-state index in [1.54, 1.807) is 0 Å². The molecule has 1 aliphatic carbocycles. The van der Waals surface area contributed by atoms with Gasteiger partial charge >= 0.3 is 0 Å². The molecule has 29 heavy (non-hydrogen) atoms. The van der Waals surface area contributed by atoms with Crippen molar-refractivity contribution in [1.82, 2.24) is 4.31 Å². The highest BCUT2D eigenvalue weighted by atomic mass is 32.2. The van der Waals surface area contributed by atoms with E-state index < -0.39 is 14.9 Å². The van der Waals surface area contributed by atoms with Crippen LogP contribution in [0.1, 0.15) is 58.3 Å². The van der Waals surface area contributed by atoms with E-state index in [1.165, 1.54) is 22.0 Å². The Kier molecular flexibility index (Phi) is 7.02. The monoisotopic (exact) mass is 420 g/mol. The van der Waals surface area contributed by atoms with Crippen molar-refractivity contribution in [2.45, 2.75) is 63.2 Å². The first kappa shape index (κ1) is 21.4.